The minimum Gasteiger partial charge on any atom is -0.316 e. The molecule has 8 heteroatoms. The summed E-state index contributed by atoms with van der Waals surface area (Å²) in [6, 6.07) is 0. The molecule has 2 aromatic heterocycles. The molecule has 2 N–H and O–H groups in total. The summed E-state index contributed by atoms with van der Waals surface area (Å²) in [4.78, 5) is 11.7. The molecule has 16 heavy (non-hydrogen) atoms. The summed E-state index contributed by atoms with van der Waals surface area (Å²) in [5.74, 6) is -0.407. The van der Waals surface area contributed by atoms with Crippen molar-refractivity contribution in [1.29, 1.82) is 0 Å². The van der Waals surface area contributed by atoms with E-state index >= 15 is 0 Å². The second kappa shape index (κ2) is 3.72. The Balaban J connectivity index is 2.25. The summed E-state index contributed by atoms with van der Waals surface area (Å²) < 4.78 is 1.70. The molecule has 0 saturated heterocycles. The molecular weight excluding hydrogens is 210 g/mol. The van der Waals surface area contributed by atoms with E-state index in [0.29, 0.717) is 5.69 Å². The van der Waals surface area contributed by atoms with Gasteiger partial charge in [-0.1, -0.05) is 0 Å². The Morgan fingerprint density at radius 1 is 1.44 bits per heavy atom. The highest BCUT2D eigenvalue weighted by molar-refractivity contribution is 6.02. The molecule has 0 bridgehead atoms. The molecular formula is C8H11N7O. The third-order valence-corrected chi connectivity index (χ3v) is 2.30. The highest BCUT2D eigenvalue weighted by Crippen LogP contribution is 2.18. The number of nitrogens with one attached hydrogen (secondary N) is 2. The van der Waals surface area contributed by atoms with E-state index in [9.17, 15) is 4.79 Å². The standard InChI is InChI=1S/C8H11N7O/c1-4-6(5(2)15(3)12-4)9-8(16)7-10-13-14-11-7/h1-3H3,(H,9,16)(H,10,11,13,14). The number of aromatic nitrogens is 6. The first-order valence-corrected chi connectivity index (χ1v) is 4.64. The third-order valence-electron chi connectivity index (χ3n) is 2.30. The fraction of sp³-hybridized carbons (Fsp3) is 0.375. The van der Waals surface area contributed by atoms with Gasteiger partial charge in [0.2, 0.25) is 0 Å². The fourth-order valence-corrected chi connectivity index (χ4v) is 1.38. The van der Waals surface area contributed by atoms with E-state index in [1.807, 2.05) is 20.9 Å². The van der Waals surface area contributed by atoms with Crippen molar-refractivity contribution in [2.24, 2.45) is 7.05 Å². The molecule has 0 fully saturated rings. The number of H-pyrrole nitrogens is 1. The van der Waals surface area contributed by atoms with Gasteiger partial charge in [0.25, 0.3) is 11.7 Å². The first-order chi connectivity index (χ1) is 7.59. The fourth-order valence-electron chi connectivity index (χ4n) is 1.38. The van der Waals surface area contributed by atoms with E-state index in [0.717, 1.165) is 11.4 Å². The van der Waals surface area contributed by atoms with Gasteiger partial charge in [-0.15, -0.1) is 10.2 Å². The Bertz CT molecular complexity index is 513. The van der Waals surface area contributed by atoms with Gasteiger partial charge < -0.3 is 5.32 Å². The summed E-state index contributed by atoms with van der Waals surface area (Å²) in [5.41, 5.74) is 2.29. The van der Waals surface area contributed by atoms with Crippen molar-refractivity contribution < 1.29 is 4.79 Å². The molecule has 8 nitrogen and oxygen atoms in total. The maximum Gasteiger partial charge on any atom is 0.297 e. The van der Waals surface area contributed by atoms with Gasteiger partial charge in [-0.3, -0.25) is 9.48 Å². The van der Waals surface area contributed by atoms with Crippen molar-refractivity contribution in [3.63, 3.8) is 0 Å². The summed E-state index contributed by atoms with van der Waals surface area (Å²) in [6.45, 7) is 3.69. The Hall–Kier alpha value is -2.25. The van der Waals surface area contributed by atoms with Crippen molar-refractivity contribution in [3.05, 3.63) is 17.2 Å². The largest absolute Gasteiger partial charge is 0.316 e. The molecule has 0 saturated carbocycles. The van der Waals surface area contributed by atoms with E-state index in [1.165, 1.54) is 0 Å². The molecule has 0 radical (unpaired) electrons. The number of carbonyl (C=O) groups is 1. The topological polar surface area (TPSA) is 101 Å². The van der Waals surface area contributed by atoms with Crippen molar-refractivity contribution in [2.45, 2.75) is 13.8 Å². The Labute approximate surface area is 91.0 Å². The lowest BCUT2D eigenvalue weighted by Crippen LogP contribution is -2.15. The van der Waals surface area contributed by atoms with E-state index < -0.39 is 5.91 Å². The minimum absolute atomic E-state index is 0.00246. The van der Waals surface area contributed by atoms with Crippen LogP contribution in [0.1, 0.15) is 22.0 Å². The van der Waals surface area contributed by atoms with Gasteiger partial charge in [0, 0.05) is 7.05 Å². The maximum atomic E-state index is 11.7. The molecule has 2 rings (SSSR count). The predicted molar refractivity (Wildman–Crippen MR) is 54.8 cm³/mol. The zero-order chi connectivity index (χ0) is 11.7. The lowest BCUT2D eigenvalue weighted by Gasteiger charge is -2.01. The highest BCUT2D eigenvalue weighted by Gasteiger charge is 2.16. The van der Waals surface area contributed by atoms with Crippen molar-refractivity contribution >= 4 is 11.6 Å². The summed E-state index contributed by atoms with van der Waals surface area (Å²) in [5, 5.41) is 19.6. The van der Waals surface area contributed by atoms with Crippen LogP contribution in [-0.2, 0) is 7.05 Å². The molecule has 0 aromatic carbocycles. The smallest absolute Gasteiger partial charge is 0.297 e. The van der Waals surface area contributed by atoms with Gasteiger partial charge in [0.1, 0.15) is 0 Å². The van der Waals surface area contributed by atoms with Crippen LogP contribution in [0.4, 0.5) is 5.69 Å². The number of hydrogen-bond donors (Lipinski definition) is 2. The molecule has 2 aromatic rings. The van der Waals surface area contributed by atoms with Crippen LogP contribution in [0, 0.1) is 13.8 Å². The number of aryl methyl sites for hydroxylation is 2. The van der Waals surface area contributed by atoms with Crippen molar-refractivity contribution in [2.75, 3.05) is 5.32 Å². The molecule has 0 aliphatic heterocycles. The number of aromatic amines is 1. The Morgan fingerprint density at radius 3 is 2.69 bits per heavy atom. The zero-order valence-corrected chi connectivity index (χ0v) is 9.14. The summed E-state index contributed by atoms with van der Waals surface area (Å²) in [6.07, 6.45) is 0. The second-order valence-electron chi connectivity index (χ2n) is 3.36. The molecule has 2 heterocycles. The van der Waals surface area contributed by atoms with Gasteiger partial charge in [-0.25, -0.2) is 0 Å². The van der Waals surface area contributed by atoms with Crippen molar-refractivity contribution in [3.8, 4) is 0 Å². The lowest BCUT2D eigenvalue weighted by molar-refractivity contribution is 0.101. The number of tetrazole rings is 1. The molecule has 0 unspecified atom stereocenters. The van der Waals surface area contributed by atoms with Gasteiger partial charge in [0.05, 0.1) is 17.1 Å². The number of hydrogen-bond acceptors (Lipinski definition) is 5. The second-order valence-corrected chi connectivity index (χ2v) is 3.36. The van der Waals surface area contributed by atoms with Gasteiger partial charge >= 0.3 is 0 Å². The highest BCUT2D eigenvalue weighted by atomic mass is 16.2. The number of rotatable bonds is 2. The Morgan fingerprint density at radius 2 is 2.19 bits per heavy atom. The SMILES string of the molecule is Cc1nn(C)c(C)c1NC(=O)c1nn[nH]n1. The van der Waals surface area contributed by atoms with E-state index in [2.05, 4.69) is 31.0 Å². The van der Waals surface area contributed by atoms with Crippen LogP contribution in [0.25, 0.3) is 0 Å². The van der Waals surface area contributed by atoms with Gasteiger partial charge in [-0.2, -0.15) is 10.3 Å². The minimum atomic E-state index is -0.409. The van der Waals surface area contributed by atoms with E-state index in [1.54, 1.807) is 4.68 Å². The lowest BCUT2D eigenvalue weighted by atomic mass is 10.3. The van der Waals surface area contributed by atoms with Crippen molar-refractivity contribution in [1.82, 2.24) is 30.4 Å². The number of anilines is 1. The third kappa shape index (κ3) is 1.64. The average Bonchev–Trinajstić information content (AvgIpc) is 2.83. The quantitative estimate of drug-likeness (QED) is 0.731. The molecule has 0 spiro atoms. The monoisotopic (exact) mass is 221 g/mol. The summed E-state index contributed by atoms with van der Waals surface area (Å²) >= 11 is 0. The van der Waals surface area contributed by atoms with Crippen LogP contribution in [0.3, 0.4) is 0 Å². The van der Waals surface area contributed by atoms with Crippen LogP contribution < -0.4 is 5.32 Å². The van der Waals surface area contributed by atoms with E-state index in [4.69, 9.17) is 0 Å². The van der Waals surface area contributed by atoms with Gasteiger partial charge in [-0.05, 0) is 19.1 Å². The normalized spacial score (nSPS) is 10.4. The maximum absolute atomic E-state index is 11.7. The summed E-state index contributed by atoms with van der Waals surface area (Å²) in [7, 11) is 1.81. The molecule has 0 atom stereocenters. The van der Waals surface area contributed by atoms with Crippen LogP contribution in [0.2, 0.25) is 0 Å². The number of nitrogens with zero attached hydrogens (tertiary/aromatic N) is 5. The van der Waals surface area contributed by atoms with Crippen LogP contribution >= 0.6 is 0 Å². The first-order valence-electron chi connectivity index (χ1n) is 4.64. The average molecular weight is 221 g/mol. The molecule has 0 aliphatic rings. The zero-order valence-electron chi connectivity index (χ0n) is 9.14. The number of carbonyl (C=O) groups excluding carboxylic acids is 1. The molecule has 0 aliphatic carbocycles. The molecule has 84 valence electrons. The number of amides is 1. The molecule has 1 amide bonds. The van der Waals surface area contributed by atoms with Gasteiger partial charge in [0.15, 0.2) is 0 Å². The Kier molecular flexibility index (Phi) is 2.39. The van der Waals surface area contributed by atoms with Crippen LogP contribution in [0.15, 0.2) is 0 Å². The predicted octanol–water partition coefficient (Wildman–Crippen LogP) is -0.198. The first kappa shape index (κ1) is 10.3. The van der Waals surface area contributed by atoms with E-state index in [-0.39, 0.29) is 5.82 Å². The van der Waals surface area contributed by atoms with Crippen LogP contribution in [-0.4, -0.2) is 36.3 Å². The van der Waals surface area contributed by atoms with Crippen LogP contribution in [0.5, 0.6) is 0 Å².